The molecule has 1 aromatic heterocycles. The number of fused-ring (bicyclic) bond motifs is 1. The lowest BCUT2D eigenvalue weighted by molar-refractivity contribution is -0.131. The Bertz CT molecular complexity index is 667. The Morgan fingerprint density at radius 1 is 1.43 bits per heavy atom. The first kappa shape index (κ1) is 16.0. The molecule has 0 aliphatic heterocycles. The number of hydrogen-bond donors (Lipinski definition) is 1. The van der Waals surface area contributed by atoms with Crippen LogP contribution in [-0.2, 0) is 11.3 Å². The highest BCUT2D eigenvalue weighted by atomic mass is 127. The quantitative estimate of drug-likeness (QED) is 0.780. The normalized spacial score (nSPS) is 11.0. The van der Waals surface area contributed by atoms with Gasteiger partial charge in [-0.3, -0.25) is 4.79 Å². The molecule has 5 nitrogen and oxygen atoms in total. The Morgan fingerprint density at radius 2 is 2.10 bits per heavy atom. The van der Waals surface area contributed by atoms with E-state index < -0.39 is 0 Å². The third-order valence-electron chi connectivity index (χ3n) is 3.49. The number of nitrogens with two attached hydrogens (primary N) is 1. The minimum Gasteiger partial charge on any atom is -0.369 e. The lowest BCUT2D eigenvalue weighted by atomic mass is 10.3. The van der Waals surface area contributed by atoms with Crippen molar-refractivity contribution in [3.8, 4) is 0 Å². The number of halogens is 2. The van der Waals surface area contributed by atoms with Crippen molar-refractivity contribution >= 4 is 45.5 Å². The standard InChI is InChI=1S/C14H18FIN4O/c1-3-19(4-2)13(21)5-6-20-12-7-9(15)10(16)8-11(12)18-14(20)17/h7-8H,3-6H2,1-2H3,(H2,17,18). The second-order valence-corrected chi connectivity index (χ2v) is 5.85. The molecule has 2 rings (SSSR count). The van der Waals surface area contributed by atoms with Gasteiger partial charge in [0.25, 0.3) is 0 Å². The van der Waals surface area contributed by atoms with Crippen LogP contribution in [-0.4, -0.2) is 33.4 Å². The predicted molar refractivity (Wildman–Crippen MR) is 89.4 cm³/mol. The zero-order valence-corrected chi connectivity index (χ0v) is 14.2. The number of nitrogens with zero attached hydrogens (tertiary/aromatic N) is 3. The molecule has 0 unspecified atom stereocenters. The first-order valence-corrected chi connectivity index (χ1v) is 7.94. The Labute approximate surface area is 136 Å². The van der Waals surface area contributed by atoms with E-state index in [0.717, 1.165) is 0 Å². The van der Waals surface area contributed by atoms with Crippen LogP contribution in [0, 0.1) is 9.39 Å². The van der Waals surface area contributed by atoms with Gasteiger partial charge in [-0.2, -0.15) is 0 Å². The van der Waals surface area contributed by atoms with Crippen molar-refractivity contribution in [2.75, 3.05) is 18.8 Å². The molecule has 0 saturated heterocycles. The number of carbonyl (C=O) groups is 1. The summed E-state index contributed by atoms with van der Waals surface area (Å²) in [6.07, 6.45) is 0.324. The number of nitrogen functional groups attached to an aromatic ring is 1. The third kappa shape index (κ3) is 3.28. The van der Waals surface area contributed by atoms with Gasteiger partial charge in [0.2, 0.25) is 11.9 Å². The van der Waals surface area contributed by atoms with E-state index in [4.69, 9.17) is 5.73 Å². The number of aromatic nitrogens is 2. The van der Waals surface area contributed by atoms with Crippen molar-refractivity contribution in [2.45, 2.75) is 26.8 Å². The first-order valence-electron chi connectivity index (χ1n) is 6.86. The summed E-state index contributed by atoms with van der Waals surface area (Å²) in [6, 6.07) is 3.08. The van der Waals surface area contributed by atoms with Crippen LogP contribution in [0.5, 0.6) is 0 Å². The second-order valence-electron chi connectivity index (χ2n) is 4.69. The highest BCUT2D eigenvalue weighted by Gasteiger charge is 2.14. The summed E-state index contributed by atoms with van der Waals surface area (Å²) in [4.78, 5) is 18.0. The van der Waals surface area contributed by atoms with Crippen molar-refractivity contribution in [1.29, 1.82) is 0 Å². The van der Waals surface area contributed by atoms with E-state index in [9.17, 15) is 9.18 Å². The molecular formula is C14H18FIN4O. The number of amides is 1. The average molecular weight is 404 g/mol. The SMILES string of the molecule is CCN(CC)C(=O)CCn1c(N)nc2cc(I)c(F)cc21. The van der Waals surface area contributed by atoms with Crippen molar-refractivity contribution < 1.29 is 9.18 Å². The molecule has 1 amide bonds. The number of rotatable bonds is 5. The second kappa shape index (κ2) is 6.59. The van der Waals surface area contributed by atoms with Crippen LogP contribution >= 0.6 is 22.6 Å². The maximum Gasteiger partial charge on any atom is 0.224 e. The van der Waals surface area contributed by atoms with Gasteiger partial charge >= 0.3 is 0 Å². The minimum absolute atomic E-state index is 0.0623. The zero-order valence-electron chi connectivity index (χ0n) is 12.1. The molecule has 21 heavy (non-hydrogen) atoms. The molecule has 0 atom stereocenters. The highest BCUT2D eigenvalue weighted by Crippen LogP contribution is 2.23. The molecule has 7 heteroatoms. The van der Waals surface area contributed by atoms with Gasteiger partial charge in [-0.25, -0.2) is 9.37 Å². The first-order chi connectivity index (χ1) is 9.97. The molecule has 0 saturated carbocycles. The summed E-state index contributed by atoms with van der Waals surface area (Å²) < 4.78 is 15.9. The van der Waals surface area contributed by atoms with Crippen LogP contribution in [0.1, 0.15) is 20.3 Å². The number of benzene rings is 1. The number of hydrogen-bond acceptors (Lipinski definition) is 3. The van der Waals surface area contributed by atoms with Gasteiger partial charge < -0.3 is 15.2 Å². The average Bonchev–Trinajstić information content (AvgIpc) is 2.73. The Morgan fingerprint density at radius 3 is 2.71 bits per heavy atom. The van der Waals surface area contributed by atoms with Gasteiger partial charge in [0.05, 0.1) is 14.6 Å². The van der Waals surface area contributed by atoms with E-state index in [2.05, 4.69) is 4.98 Å². The van der Waals surface area contributed by atoms with E-state index >= 15 is 0 Å². The van der Waals surface area contributed by atoms with E-state index in [0.29, 0.717) is 46.6 Å². The molecule has 114 valence electrons. The van der Waals surface area contributed by atoms with E-state index in [-0.39, 0.29) is 11.7 Å². The summed E-state index contributed by atoms with van der Waals surface area (Å²) in [7, 11) is 0. The lowest BCUT2D eigenvalue weighted by Gasteiger charge is -2.18. The Hall–Kier alpha value is -1.38. The van der Waals surface area contributed by atoms with E-state index in [1.165, 1.54) is 6.07 Å². The number of aryl methyl sites for hydroxylation is 1. The molecule has 0 aliphatic rings. The smallest absolute Gasteiger partial charge is 0.224 e. The zero-order chi connectivity index (χ0) is 15.6. The fraction of sp³-hybridized carbons (Fsp3) is 0.429. The van der Waals surface area contributed by atoms with Gasteiger partial charge in [0.1, 0.15) is 5.82 Å². The summed E-state index contributed by atoms with van der Waals surface area (Å²) >= 11 is 1.92. The largest absolute Gasteiger partial charge is 0.369 e. The Kier molecular flexibility index (Phi) is 5.02. The van der Waals surface area contributed by atoms with E-state index in [1.807, 2.05) is 36.4 Å². The maximum absolute atomic E-state index is 13.7. The van der Waals surface area contributed by atoms with Gasteiger partial charge in [0.15, 0.2) is 0 Å². The van der Waals surface area contributed by atoms with Crippen molar-refractivity contribution in [1.82, 2.24) is 14.5 Å². The summed E-state index contributed by atoms with van der Waals surface area (Å²) in [5.41, 5.74) is 7.15. The molecule has 0 aliphatic carbocycles. The molecule has 2 N–H and O–H groups in total. The third-order valence-corrected chi connectivity index (χ3v) is 4.31. The Balaban J connectivity index is 2.24. The highest BCUT2D eigenvalue weighted by molar-refractivity contribution is 14.1. The fourth-order valence-corrected chi connectivity index (χ4v) is 2.77. The van der Waals surface area contributed by atoms with Gasteiger partial charge in [-0.05, 0) is 42.5 Å². The molecule has 2 aromatic rings. The number of carbonyl (C=O) groups excluding carboxylic acids is 1. The molecule has 1 aromatic carbocycles. The van der Waals surface area contributed by atoms with Crippen LogP contribution in [0.3, 0.4) is 0 Å². The number of anilines is 1. The van der Waals surface area contributed by atoms with Crippen molar-refractivity contribution in [3.05, 3.63) is 21.5 Å². The summed E-state index contributed by atoms with van der Waals surface area (Å²) in [5, 5.41) is 0. The van der Waals surface area contributed by atoms with Crippen LogP contribution < -0.4 is 5.73 Å². The minimum atomic E-state index is -0.306. The van der Waals surface area contributed by atoms with Crippen molar-refractivity contribution in [3.63, 3.8) is 0 Å². The predicted octanol–water partition coefficient (Wildman–Crippen LogP) is 2.62. The van der Waals surface area contributed by atoms with Gasteiger partial charge in [-0.15, -0.1) is 0 Å². The molecule has 0 fully saturated rings. The molecular weight excluding hydrogens is 386 g/mol. The maximum atomic E-state index is 13.7. The monoisotopic (exact) mass is 404 g/mol. The van der Waals surface area contributed by atoms with Crippen LogP contribution in [0.25, 0.3) is 11.0 Å². The molecule has 1 heterocycles. The van der Waals surface area contributed by atoms with Crippen molar-refractivity contribution in [2.24, 2.45) is 0 Å². The van der Waals surface area contributed by atoms with E-state index in [1.54, 1.807) is 15.5 Å². The van der Waals surface area contributed by atoms with Crippen LogP contribution in [0.15, 0.2) is 12.1 Å². The van der Waals surface area contributed by atoms with Gasteiger partial charge in [0, 0.05) is 32.1 Å². The van der Waals surface area contributed by atoms with Gasteiger partial charge in [-0.1, -0.05) is 0 Å². The fourth-order valence-electron chi connectivity index (χ4n) is 2.32. The lowest BCUT2D eigenvalue weighted by Crippen LogP contribution is -2.31. The number of imidazole rings is 1. The van der Waals surface area contributed by atoms with Crippen LogP contribution in [0.2, 0.25) is 0 Å². The topological polar surface area (TPSA) is 64.2 Å². The molecule has 0 radical (unpaired) electrons. The van der Waals surface area contributed by atoms with Crippen LogP contribution in [0.4, 0.5) is 10.3 Å². The molecule has 0 bridgehead atoms. The summed E-state index contributed by atoms with van der Waals surface area (Å²) in [6.45, 7) is 5.65. The molecule has 0 spiro atoms. The summed E-state index contributed by atoms with van der Waals surface area (Å²) in [5.74, 6) is 0.0605.